The fourth-order valence-electron chi connectivity index (χ4n) is 5.86. The van der Waals surface area contributed by atoms with Gasteiger partial charge in [-0.1, -0.05) is 44.5 Å². The molecule has 0 aromatic heterocycles. The van der Waals surface area contributed by atoms with Crippen LogP contribution in [0, 0.1) is 23.2 Å². The van der Waals surface area contributed by atoms with E-state index in [1.165, 1.54) is 13.2 Å². The number of allylic oxidation sites excluding steroid dienone is 1. The van der Waals surface area contributed by atoms with Crippen molar-refractivity contribution in [3.63, 3.8) is 0 Å². The lowest BCUT2D eigenvalue weighted by Gasteiger charge is -2.46. The average molecular weight is 405 g/mol. The van der Waals surface area contributed by atoms with E-state index in [-0.39, 0.29) is 22.6 Å². The van der Waals surface area contributed by atoms with Gasteiger partial charge in [-0.3, -0.25) is 0 Å². The molecule has 0 spiro atoms. The van der Waals surface area contributed by atoms with Crippen molar-refractivity contribution in [3.05, 3.63) is 42.5 Å². The largest absolute Gasteiger partial charge is 0.466 e. The Labute approximate surface area is 169 Å². The van der Waals surface area contributed by atoms with E-state index in [0.29, 0.717) is 16.7 Å². The number of fused-ring (bicyclic) bond motifs is 1. The highest BCUT2D eigenvalue weighted by molar-refractivity contribution is 7.92. The van der Waals surface area contributed by atoms with Crippen molar-refractivity contribution in [1.82, 2.24) is 0 Å². The first-order valence-electron chi connectivity index (χ1n) is 10.3. The van der Waals surface area contributed by atoms with Gasteiger partial charge in [0.15, 0.2) is 9.84 Å². The fraction of sp³-hybridized carbons (Fsp3) is 0.609. The van der Waals surface area contributed by atoms with Gasteiger partial charge in [0.1, 0.15) is 0 Å². The van der Waals surface area contributed by atoms with E-state index in [1.807, 2.05) is 24.3 Å². The number of esters is 1. The van der Waals surface area contributed by atoms with Crippen molar-refractivity contribution in [2.45, 2.75) is 62.5 Å². The molecular formula is C23H32O4S. The Kier molecular flexibility index (Phi) is 6.33. The topological polar surface area (TPSA) is 60.4 Å². The van der Waals surface area contributed by atoms with Gasteiger partial charge in [0.2, 0.25) is 0 Å². The maximum Gasteiger partial charge on any atom is 0.330 e. The van der Waals surface area contributed by atoms with Gasteiger partial charge in [0, 0.05) is 6.08 Å². The van der Waals surface area contributed by atoms with Gasteiger partial charge in [-0.25, -0.2) is 13.2 Å². The van der Waals surface area contributed by atoms with Gasteiger partial charge in [0.05, 0.1) is 17.3 Å². The van der Waals surface area contributed by atoms with Crippen LogP contribution in [-0.4, -0.2) is 26.7 Å². The minimum atomic E-state index is -3.31. The lowest BCUT2D eigenvalue weighted by molar-refractivity contribution is -0.134. The fourth-order valence-corrected chi connectivity index (χ4v) is 8.10. The van der Waals surface area contributed by atoms with E-state index >= 15 is 0 Å². The average Bonchev–Trinajstić information content (AvgIpc) is 3.05. The zero-order valence-electron chi connectivity index (χ0n) is 17.1. The maximum absolute atomic E-state index is 13.4. The second-order valence-corrected chi connectivity index (χ2v) is 10.9. The minimum Gasteiger partial charge on any atom is -0.466 e. The summed E-state index contributed by atoms with van der Waals surface area (Å²) >= 11 is 0. The second-order valence-electron chi connectivity index (χ2n) is 8.72. The Morgan fingerprint density at radius 1 is 1.25 bits per heavy atom. The summed E-state index contributed by atoms with van der Waals surface area (Å²) < 4.78 is 31.4. The molecular weight excluding hydrogens is 372 g/mol. The molecule has 1 aromatic carbocycles. The third-order valence-electron chi connectivity index (χ3n) is 7.26. The standard InChI is InChI=1S/C23H32O4S/c1-17(9-7-13-22(24)27-3)19-14-15-20-21(12-8-16-23(19,20)2)28(25,26)18-10-5-4-6-11-18/h4-7,10-11,13,17,19-21H,8-9,12,14-16H2,1-3H3/b13-7+/t17-,19-,20+,21-,23-/m0/s1. The first-order valence-corrected chi connectivity index (χ1v) is 11.9. The SMILES string of the molecule is COC(=O)/C=C/C[C@H](C)[C@@H]1CC[C@@H]2[C@@H](S(=O)(=O)c3ccccc3)CCC[C@]21C. The number of rotatable bonds is 6. The van der Waals surface area contributed by atoms with Gasteiger partial charge in [-0.05, 0) is 67.4 Å². The van der Waals surface area contributed by atoms with Gasteiger partial charge in [-0.2, -0.15) is 0 Å². The summed E-state index contributed by atoms with van der Waals surface area (Å²) in [5, 5.41) is -0.281. The molecule has 0 saturated heterocycles. The van der Waals surface area contributed by atoms with E-state index in [4.69, 9.17) is 0 Å². The number of benzene rings is 1. The second kappa shape index (κ2) is 8.40. The van der Waals surface area contributed by atoms with Crippen LogP contribution in [0.1, 0.15) is 52.4 Å². The van der Waals surface area contributed by atoms with Gasteiger partial charge >= 0.3 is 5.97 Å². The zero-order chi connectivity index (χ0) is 20.4. The summed E-state index contributed by atoms with van der Waals surface area (Å²) in [6.45, 7) is 4.54. The monoisotopic (exact) mass is 404 g/mol. The molecule has 0 aliphatic heterocycles. The molecule has 0 heterocycles. The first-order chi connectivity index (χ1) is 13.3. The predicted molar refractivity (Wildman–Crippen MR) is 111 cm³/mol. The maximum atomic E-state index is 13.4. The van der Waals surface area contributed by atoms with E-state index in [0.717, 1.165) is 38.5 Å². The molecule has 2 saturated carbocycles. The van der Waals surface area contributed by atoms with Crippen molar-refractivity contribution >= 4 is 15.8 Å². The van der Waals surface area contributed by atoms with Crippen LogP contribution in [0.3, 0.4) is 0 Å². The molecule has 2 aliphatic rings. The zero-order valence-corrected chi connectivity index (χ0v) is 18.0. The Morgan fingerprint density at radius 3 is 2.64 bits per heavy atom. The minimum absolute atomic E-state index is 0.0449. The molecule has 5 heteroatoms. The number of carbonyl (C=O) groups is 1. The number of carbonyl (C=O) groups excluding carboxylic acids is 1. The molecule has 5 atom stereocenters. The summed E-state index contributed by atoms with van der Waals surface area (Å²) in [4.78, 5) is 11.8. The molecule has 4 nitrogen and oxygen atoms in total. The van der Waals surface area contributed by atoms with Crippen LogP contribution >= 0.6 is 0 Å². The lowest BCUT2D eigenvalue weighted by Crippen LogP contribution is -2.44. The molecule has 28 heavy (non-hydrogen) atoms. The molecule has 1 aromatic rings. The molecule has 0 radical (unpaired) electrons. The van der Waals surface area contributed by atoms with Crippen LogP contribution < -0.4 is 0 Å². The van der Waals surface area contributed by atoms with Crippen LogP contribution in [-0.2, 0) is 19.4 Å². The molecule has 0 N–H and O–H groups in total. The van der Waals surface area contributed by atoms with E-state index < -0.39 is 9.84 Å². The van der Waals surface area contributed by atoms with Crippen LogP contribution in [0.4, 0.5) is 0 Å². The van der Waals surface area contributed by atoms with Crippen LogP contribution in [0.15, 0.2) is 47.4 Å². The molecule has 2 fully saturated rings. The normalized spacial score (nSPS) is 31.5. The molecule has 0 amide bonds. The summed E-state index contributed by atoms with van der Waals surface area (Å²) in [6.07, 6.45) is 9.07. The third kappa shape index (κ3) is 3.91. The summed E-state index contributed by atoms with van der Waals surface area (Å²) in [7, 11) is -1.93. The van der Waals surface area contributed by atoms with Crippen molar-refractivity contribution in [3.8, 4) is 0 Å². The van der Waals surface area contributed by atoms with Gasteiger partial charge in [0.25, 0.3) is 0 Å². The summed E-state index contributed by atoms with van der Waals surface area (Å²) in [5.74, 6) is 0.778. The van der Waals surface area contributed by atoms with E-state index in [2.05, 4.69) is 18.6 Å². The highest BCUT2D eigenvalue weighted by atomic mass is 32.2. The third-order valence-corrected chi connectivity index (χ3v) is 9.55. The van der Waals surface area contributed by atoms with Crippen molar-refractivity contribution in [1.29, 1.82) is 0 Å². The van der Waals surface area contributed by atoms with Crippen molar-refractivity contribution in [2.24, 2.45) is 23.2 Å². The van der Waals surface area contributed by atoms with Gasteiger partial charge in [-0.15, -0.1) is 0 Å². The summed E-state index contributed by atoms with van der Waals surface area (Å²) in [6, 6.07) is 8.94. The number of hydrogen-bond donors (Lipinski definition) is 0. The molecule has 0 unspecified atom stereocenters. The van der Waals surface area contributed by atoms with Crippen molar-refractivity contribution < 1.29 is 17.9 Å². The Balaban J connectivity index is 1.79. The van der Waals surface area contributed by atoms with E-state index in [9.17, 15) is 13.2 Å². The summed E-state index contributed by atoms with van der Waals surface area (Å²) in [5.41, 5.74) is 0.0449. The number of sulfone groups is 1. The van der Waals surface area contributed by atoms with Gasteiger partial charge < -0.3 is 4.74 Å². The lowest BCUT2D eigenvalue weighted by atomic mass is 9.62. The first kappa shape index (κ1) is 21.1. The number of methoxy groups -OCH3 is 1. The number of hydrogen-bond acceptors (Lipinski definition) is 4. The van der Waals surface area contributed by atoms with Crippen LogP contribution in [0.2, 0.25) is 0 Å². The number of ether oxygens (including phenoxy) is 1. The smallest absolute Gasteiger partial charge is 0.330 e. The molecule has 0 bridgehead atoms. The highest BCUT2D eigenvalue weighted by Gasteiger charge is 2.55. The van der Waals surface area contributed by atoms with Crippen LogP contribution in [0.25, 0.3) is 0 Å². The predicted octanol–water partition coefficient (Wildman–Crippen LogP) is 4.80. The highest BCUT2D eigenvalue weighted by Crippen LogP contribution is 2.59. The quantitative estimate of drug-likeness (QED) is 0.505. The molecule has 3 rings (SSSR count). The van der Waals surface area contributed by atoms with Crippen molar-refractivity contribution in [2.75, 3.05) is 7.11 Å². The van der Waals surface area contributed by atoms with E-state index in [1.54, 1.807) is 12.1 Å². The molecule has 154 valence electrons. The van der Waals surface area contributed by atoms with Crippen LogP contribution in [0.5, 0.6) is 0 Å². The Bertz CT molecular complexity index is 814. The molecule has 2 aliphatic carbocycles. The Morgan fingerprint density at radius 2 is 1.96 bits per heavy atom. The Hall–Kier alpha value is -1.62.